The Morgan fingerprint density at radius 2 is 2.06 bits per heavy atom. The van der Waals surface area contributed by atoms with E-state index in [-0.39, 0.29) is 5.82 Å². The summed E-state index contributed by atoms with van der Waals surface area (Å²) in [5.74, 6) is 0.644. The molecule has 96 valence electrons. The van der Waals surface area contributed by atoms with E-state index in [0.29, 0.717) is 13.1 Å². The highest BCUT2D eigenvalue weighted by Crippen LogP contribution is 2.23. The average Bonchev–Trinajstić information content (AvgIpc) is 2.74. The van der Waals surface area contributed by atoms with Crippen molar-refractivity contribution in [2.24, 2.45) is 5.73 Å². The van der Waals surface area contributed by atoms with Crippen LogP contribution in [0.5, 0.6) is 0 Å². The van der Waals surface area contributed by atoms with Crippen molar-refractivity contribution < 1.29 is 8.81 Å². The van der Waals surface area contributed by atoms with E-state index in [9.17, 15) is 4.39 Å². The summed E-state index contributed by atoms with van der Waals surface area (Å²) in [5, 5.41) is 0. The SMILES string of the molecule is Cc1occc1CN(C)c1ccc(F)cc1CN. The third-order valence-corrected chi connectivity index (χ3v) is 3.05. The maximum atomic E-state index is 13.1. The maximum Gasteiger partial charge on any atom is 0.123 e. The number of rotatable bonds is 4. The minimum absolute atomic E-state index is 0.257. The predicted molar refractivity (Wildman–Crippen MR) is 69.8 cm³/mol. The fraction of sp³-hybridized carbons (Fsp3) is 0.286. The molecule has 18 heavy (non-hydrogen) atoms. The summed E-state index contributed by atoms with van der Waals surface area (Å²) in [6.07, 6.45) is 1.67. The van der Waals surface area contributed by atoms with E-state index in [1.54, 1.807) is 12.3 Å². The van der Waals surface area contributed by atoms with Gasteiger partial charge in [0.15, 0.2) is 0 Å². The molecule has 0 amide bonds. The van der Waals surface area contributed by atoms with Crippen LogP contribution in [0.25, 0.3) is 0 Å². The van der Waals surface area contributed by atoms with Gasteiger partial charge in [0.2, 0.25) is 0 Å². The van der Waals surface area contributed by atoms with Crippen molar-refractivity contribution in [1.82, 2.24) is 0 Å². The summed E-state index contributed by atoms with van der Waals surface area (Å²) in [6.45, 7) is 2.96. The molecule has 0 bridgehead atoms. The zero-order chi connectivity index (χ0) is 13.1. The van der Waals surface area contributed by atoms with Crippen LogP contribution in [0.3, 0.4) is 0 Å². The van der Waals surface area contributed by atoms with Crippen LogP contribution >= 0.6 is 0 Å². The monoisotopic (exact) mass is 248 g/mol. The third-order valence-electron chi connectivity index (χ3n) is 3.05. The number of hydrogen-bond acceptors (Lipinski definition) is 3. The molecule has 0 aliphatic carbocycles. The number of nitrogens with two attached hydrogens (primary N) is 1. The van der Waals surface area contributed by atoms with Crippen LogP contribution in [0.4, 0.5) is 10.1 Å². The Labute approximate surface area is 106 Å². The van der Waals surface area contributed by atoms with E-state index < -0.39 is 0 Å². The van der Waals surface area contributed by atoms with Crippen molar-refractivity contribution in [3.8, 4) is 0 Å². The van der Waals surface area contributed by atoms with Crippen molar-refractivity contribution in [2.75, 3.05) is 11.9 Å². The Morgan fingerprint density at radius 3 is 2.67 bits per heavy atom. The summed E-state index contributed by atoms with van der Waals surface area (Å²) >= 11 is 0. The lowest BCUT2D eigenvalue weighted by Crippen LogP contribution is -2.19. The topological polar surface area (TPSA) is 42.4 Å². The average molecular weight is 248 g/mol. The largest absolute Gasteiger partial charge is 0.469 e. The molecule has 2 N–H and O–H groups in total. The molecule has 0 saturated heterocycles. The van der Waals surface area contributed by atoms with E-state index in [1.807, 2.05) is 24.9 Å². The van der Waals surface area contributed by atoms with Gasteiger partial charge in [0.25, 0.3) is 0 Å². The molecule has 2 rings (SSSR count). The van der Waals surface area contributed by atoms with E-state index >= 15 is 0 Å². The number of nitrogens with zero attached hydrogens (tertiary/aromatic N) is 1. The van der Waals surface area contributed by atoms with Gasteiger partial charge in [0.05, 0.1) is 6.26 Å². The first kappa shape index (κ1) is 12.6. The Bertz CT molecular complexity index is 536. The molecule has 0 fully saturated rings. The molecule has 0 atom stereocenters. The zero-order valence-electron chi connectivity index (χ0n) is 10.6. The van der Waals surface area contributed by atoms with Gasteiger partial charge in [0, 0.05) is 31.4 Å². The minimum atomic E-state index is -0.257. The lowest BCUT2D eigenvalue weighted by Gasteiger charge is -2.22. The predicted octanol–water partition coefficient (Wildman–Crippen LogP) is 2.82. The number of benzene rings is 1. The first-order valence-electron chi connectivity index (χ1n) is 5.84. The van der Waals surface area contributed by atoms with Crippen molar-refractivity contribution in [1.29, 1.82) is 0 Å². The van der Waals surface area contributed by atoms with Crippen LogP contribution in [0.1, 0.15) is 16.9 Å². The Morgan fingerprint density at radius 1 is 1.28 bits per heavy atom. The van der Waals surface area contributed by atoms with Gasteiger partial charge in [-0.1, -0.05) is 0 Å². The van der Waals surface area contributed by atoms with Gasteiger partial charge in [-0.05, 0) is 36.8 Å². The van der Waals surface area contributed by atoms with Gasteiger partial charge in [-0.3, -0.25) is 0 Å². The highest BCUT2D eigenvalue weighted by Gasteiger charge is 2.10. The second kappa shape index (κ2) is 5.23. The second-order valence-electron chi connectivity index (χ2n) is 4.34. The molecule has 0 aliphatic heterocycles. The molecule has 1 aromatic heterocycles. The lowest BCUT2D eigenvalue weighted by molar-refractivity contribution is 0.529. The van der Waals surface area contributed by atoms with E-state index in [4.69, 9.17) is 10.2 Å². The van der Waals surface area contributed by atoms with Crippen LogP contribution in [-0.4, -0.2) is 7.05 Å². The van der Waals surface area contributed by atoms with E-state index in [1.165, 1.54) is 12.1 Å². The first-order valence-corrected chi connectivity index (χ1v) is 5.84. The highest BCUT2D eigenvalue weighted by molar-refractivity contribution is 5.53. The van der Waals surface area contributed by atoms with Gasteiger partial charge in [-0.2, -0.15) is 0 Å². The number of furan rings is 1. The van der Waals surface area contributed by atoms with Gasteiger partial charge >= 0.3 is 0 Å². The number of hydrogen-bond donors (Lipinski definition) is 1. The summed E-state index contributed by atoms with van der Waals surface area (Å²) in [7, 11) is 1.96. The van der Waals surface area contributed by atoms with Crippen LogP contribution < -0.4 is 10.6 Å². The Kier molecular flexibility index (Phi) is 3.67. The molecule has 1 aromatic carbocycles. The lowest BCUT2D eigenvalue weighted by atomic mass is 10.1. The Balaban J connectivity index is 2.23. The normalized spacial score (nSPS) is 10.7. The van der Waals surface area contributed by atoms with Gasteiger partial charge in [-0.15, -0.1) is 0 Å². The fourth-order valence-electron chi connectivity index (χ4n) is 2.01. The summed E-state index contributed by atoms with van der Waals surface area (Å²) < 4.78 is 18.4. The number of aryl methyl sites for hydroxylation is 1. The molecule has 0 spiro atoms. The van der Waals surface area contributed by atoms with E-state index in [2.05, 4.69) is 0 Å². The second-order valence-corrected chi connectivity index (χ2v) is 4.34. The van der Waals surface area contributed by atoms with Crippen LogP contribution in [0.15, 0.2) is 34.9 Å². The fourth-order valence-corrected chi connectivity index (χ4v) is 2.01. The van der Waals surface area contributed by atoms with Crippen LogP contribution in [-0.2, 0) is 13.1 Å². The maximum absolute atomic E-state index is 13.1. The molecule has 0 aliphatic rings. The Hall–Kier alpha value is -1.81. The van der Waals surface area contributed by atoms with Gasteiger partial charge in [-0.25, -0.2) is 4.39 Å². The van der Waals surface area contributed by atoms with Crippen molar-refractivity contribution >= 4 is 5.69 Å². The van der Waals surface area contributed by atoms with Gasteiger partial charge in [0.1, 0.15) is 11.6 Å². The molecular formula is C14H17FN2O. The zero-order valence-corrected chi connectivity index (χ0v) is 10.6. The molecule has 0 saturated carbocycles. The summed E-state index contributed by atoms with van der Waals surface area (Å²) in [5.41, 5.74) is 8.51. The summed E-state index contributed by atoms with van der Waals surface area (Å²) in [6, 6.07) is 6.63. The molecule has 1 heterocycles. The molecule has 0 radical (unpaired) electrons. The smallest absolute Gasteiger partial charge is 0.123 e. The molecule has 4 heteroatoms. The highest BCUT2D eigenvalue weighted by atomic mass is 19.1. The van der Waals surface area contributed by atoms with Crippen molar-refractivity contribution in [3.05, 3.63) is 53.2 Å². The molecular weight excluding hydrogens is 231 g/mol. The molecule has 0 unspecified atom stereocenters. The first-order chi connectivity index (χ1) is 8.61. The van der Waals surface area contributed by atoms with Gasteiger partial charge < -0.3 is 15.1 Å². The van der Waals surface area contributed by atoms with Crippen molar-refractivity contribution in [2.45, 2.75) is 20.0 Å². The van der Waals surface area contributed by atoms with Crippen LogP contribution in [0.2, 0.25) is 0 Å². The quantitative estimate of drug-likeness (QED) is 0.904. The van der Waals surface area contributed by atoms with Crippen molar-refractivity contribution in [3.63, 3.8) is 0 Å². The minimum Gasteiger partial charge on any atom is -0.469 e. The summed E-state index contributed by atoms with van der Waals surface area (Å²) in [4.78, 5) is 2.04. The third kappa shape index (κ3) is 2.54. The van der Waals surface area contributed by atoms with Crippen LogP contribution in [0, 0.1) is 12.7 Å². The number of halogens is 1. The number of anilines is 1. The van der Waals surface area contributed by atoms with E-state index in [0.717, 1.165) is 22.6 Å². The molecule has 3 nitrogen and oxygen atoms in total. The molecule has 2 aromatic rings. The standard InChI is InChI=1S/C14H17FN2O/c1-10-11(5-6-18-10)9-17(2)14-4-3-13(15)7-12(14)8-16/h3-7H,8-9,16H2,1-2H3.